The van der Waals surface area contributed by atoms with Crippen LogP contribution in [0.5, 0.6) is 0 Å². The van der Waals surface area contributed by atoms with Crippen LogP contribution >= 0.6 is 11.3 Å². The van der Waals surface area contributed by atoms with Crippen molar-refractivity contribution in [3.63, 3.8) is 0 Å². The summed E-state index contributed by atoms with van der Waals surface area (Å²) in [5.74, 6) is 0. The second-order valence-corrected chi connectivity index (χ2v) is 22.2. The number of hydrogen-bond donors (Lipinski definition) is 0. The number of hydrogen-bond acceptors (Lipinski definition) is 2. The van der Waals surface area contributed by atoms with Crippen LogP contribution in [-0.4, -0.2) is 9.55 Å². The normalized spacial score (nSPS) is 14.3. The molecule has 0 atom stereocenters. The van der Waals surface area contributed by atoms with Crippen LogP contribution in [0.1, 0.15) is 76.3 Å². The molecule has 328 valence electrons. The van der Waals surface area contributed by atoms with Crippen molar-refractivity contribution in [2.75, 3.05) is 0 Å². The van der Waals surface area contributed by atoms with E-state index in [0.717, 1.165) is 11.3 Å². The summed E-state index contributed by atoms with van der Waals surface area (Å²) in [6.45, 7) is 16.4. The van der Waals surface area contributed by atoms with E-state index in [-0.39, 0.29) is 16.2 Å². The van der Waals surface area contributed by atoms with Gasteiger partial charge in [0.15, 0.2) is 0 Å². The maximum Gasteiger partial charge on any atom is 0.0702 e. The van der Waals surface area contributed by atoms with Gasteiger partial charge in [0.05, 0.1) is 16.7 Å². The zero-order chi connectivity index (χ0) is 46.3. The fraction of sp³-hybridized carbons (Fsp3) is 0.154. The standard InChI is InChI=1S/C36H26N2.C29H26S/c1-36(2)30-13-7-6-12-26(30)27-18-15-23-16-19-28-29-22-24(31-14-8-9-21-37-31)17-20-32(29)38(25-10-4-3-5-11-25)35(28)33(23)34(27)36;1-28(2,3)18-12-15-24-22(16-18)21-14-11-17-10-13-20-19-8-6-7-9-23(19)29(4,5)26(20)25(17)27(21)30-24/h3-22H,1-2H3;6-16H,1-5H3. The summed E-state index contributed by atoms with van der Waals surface area (Å²) in [5.41, 5.74) is 18.5. The number of nitrogens with zero attached hydrogens (tertiary/aromatic N) is 2. The fourth-order valence-corrected chi connectivity index (χ4v) is 13.4. The van der Waals surface area contributed by atoms with E-state index < -0.39 is 0 Å². The lowest BCUT2D eigenvalue weighted by molar-refractivity contribution is 0.591. The summed E-state index contributed by atoms with van der Waals surface area (Å²) in [6, 6.07) is 67.1. The lowest BCUT2D eigenvalue weighted by Gasteiger charge is -2.24. The van der Waals surface area contributed by atoms with Gasteiger partial charge in [-0.25, -0.2) is 0 Å². The molecule has 3 heteroatoms. The Bertz CT molecular complexity index is 4050. The van der Waals surface area contributed by atoms with Crippen molar-refractivity contribution < 1.29 is 0 Å². The molecule has 2 aliphatic rings. The number of pyridine rings is 1. The molecule has 0 fully saturated rings. The molecule has 0 saturated heterocycles. The topological polar surface area (TPSA) is 17.8 Å². The van der Waals surface area contributed by atoms with E-state index >= 15 is 0 Å². The molecular weight excluding hydrogens is 841 g/mol. The predicted octanol–water partition coefficient (Wildman–Crippen LogP) is 18.1. The van der Waals surface area contributed by atoms with E-state index in [4.69, 9.17) is 0 Å². The zero-order valence-corrected chi connectivity index (χ0v) is 40.5. The van der Waals surface area contributed by atoms with Gasteiger partial charge in [-0.15, -0.1) is 11.3 Å². The van der Waals surface area contributed by atoms with Crippen LogP contribution < -0.4 is 0 Å². The SMILES string of the molecule is CC(C)(C)c1ccc2sc3c(ccc4ccc5c(c43)C(C)(C)c3ccccc3-5)c2c1.CC1(C)c2ccccc2-c2ccc3ccc4c5cc(-c6ccccn6)ccc5n(-c5ccccc5)c4c3c21. The number of rotatable bonds is 2. The van der Waals surface area contributed by atoms with Crippen molar-refractivity contribution in [1.29, 1.82) is 0 Å². The average Bonchev–Trinajstić information content (AvgIpc) is 4.05. The fourth-order valence-electron chi connectivity index (χ4n) is 12.1. The van der Waals surface area contributed by atoms with Crippen molar-refractivity contribution in [2.45, 2.75) is 64.7 Å². The van der Waals surface area contributed by atoms with Crippen LogP contribution in [0.25, 0.3) is 103 Å². The highest BCUT2D eigenvalue weighted by atomic mass is 32.1. The lowest BCUT2D eigenvalue weighted by atomic mass is 9.80. The highest BCUT2D eigenvalue weighted by molar-refractivity contribution is 7.26. The third kappa shape index (κ3) is 5.85. The van der Waals surface area contributed by atoms with Crippen molar-refractivity contribution in [1.82, 2.24) is 9.55 Å². The first-order valence-electron chi connectivity index (χ1n) is 24.0. The molecule has 0 spiro atoms. The van der Waals surface area contributed by atoms with Crippen molar-refractivity contribution >= 4 is 74.9 Å². The van der Waals surface area contributed by atoms with Crippen LogP contribution in [0.15, 0.2) is 188 Å². The van der Waals surface area contributed by atoms with Gasteiger partial charge in [-0.1, -0.05) is 182 Å². The van der Waals surface area contributed by atoms with Crippen LogP contribution in [0, 0.1) is 0 Å². The van der Waals surface area contributed by atoms with Gasteiger partial charge < -0.3 is 4.57 Å². The Balaban J connectivity index is 0.000000138. The largest absolute Gasteiger partial charge is 0.309 e. The van der Waals surface area contributed by atoms with Gasteiger partial charge >= 0.3 is 0 Å². The molecule has 12 aromatic rings. The minimum Gasteiger partial charge on any atom is -0.309 e. The number of para-hydroxylation sites is 1. The van der Waals surface area contributed by atoms with Crippen LogP contribution in [0.2, 0.25) is 0 Å². The molecule has 14 rings (SSSR count). The van der Waals surface area contributed by atoms with Gasteiger partial charge in [-0.3, -0.25) is 4.98 Å². The predicted molar refractivity (Wildman–Crippen MR) is 292 cm³/mol. The third-order valence-corrected chi connectivity index (χ3v) is 16.6. The molecule has 0 aliphatic heterocycles. The minimum atomic E-state index is -0.100. The Kier molecular flexibility index (Phi) is 8.77. The molecule has 2 nitrogen and oxygen atoms in total. The molecule has 0 amide bonds. The maximum atomic E-state index is 4.63. The third-order valence-electron chi connectivity index (χ3n) is 15.4. The first-order chi connectivity index (χ1) is 32.9. The molecule has 3 heterocycles. The van der Waals surface area contributed by atoms with Crippen molar-refractivity contribution in [2.24, 2.45) is 0 Å². The van der Waals surface area contributed by atoms with E-state index in [9.17, 15) is 0 Å². The minimum absolute atomic E-state index is 0.00641. The van der Waals surface area contributed by atoms with Crippen LogP contribution in [0.4, 0.5) is 0 Å². The Morgan fingerprint density at radius 1 is 0.485 bits per heavy atom. The monoisotopic (exact) mass is 892 g/mol. The van der Waals surface area contributed by atoms with Crippen molar-refractivity contribution in [3.05, 3.63) is 216 Å². The molecule has 0 unspecified atom stereocenters. The van der Waals surface area contributed by atoms with Gasteiger partial charge in [0.25, 0.3) is 0 Å². The van der Waals surface area contributed by atoms with Gasteiger partial charge in [0.2, 0.25) is 0 Å². The molecule has 0 bridgehead atoms. The van der Waals surface area contributed by atoms with Crippen molar-refractivity contribution in [3.8, 4) is 39.2 Å². The maximum absolute atomic E-state index is 4.63. The van der Waals surface area contributed by atoms with Gasteiger partial charge in [0, 0.05) is 70.0 Å². The average molecular weight is 893 g/mol. The van der Waals surface area contributed by atoms with Crippen LogP contribution in [-0.2, 0) is 16.2 Å². The highest BCUT2D eigenvalue weighted by Crippen LogP contribution is 2.55. The molecule has 68 heavy (non-hydrogen) atoms. The van der Waals surface area contributed by atoms with E-state index in [1.54, 1.807) is 0 Å². The molecule has 0 radical (unpaired) electrons. The van der Waals surface area contributed by atoms with Gasteiger partial charge in [-0.05, 0) is 115 Å². The number of thiophene rings is 1. The molecule has 2 aliphatic carbocycles. The summed E-state index contributed by atoms with van der Waals surface area (Å²) < 4.78 is 5.29. The summed E-state index contributed by atoms with van der Waals surface area (Å²) in [7, 11) is 0. The van der Waals surface area contributed by atoms with E-state index in [1.165, 1.54) is 119 Å². The Hall–Kier alpha value is -7.33. The molecule has 0 saturated carbocycles. The van der Waals surface area contributed by atoms with E-state index in [1.807, 2.05) is 23.6 Å². The summed E-state index contributed by atoms with van der Waals surface area (Å²) >= 11 is 1.96. The first-order valence-corrected chi connectivity index (χ1v) is 24.9. The summed E-state index contributed by atoms with van der Waals surface area (Å²) in [5, 5.41) is 10.7. The lowest BCUT2D eigenvalue weighted by Crippen LogP contribution is -2.15. The molecule has 9 aromatic carbocycles. The summed E-state index contributed by atoms with van der Waals surface area (Å²) in [4.78, 5) is 4.63. The van der Waals surface area contributed by atoms with E-state index in [0.29, 0.717) is 0 Å². The summed E-state index contributed by atoms with van der Waals surface area (Å²) in [6.07, 6.45) is 1.86. The number of benzene rings is 9. The number of fused-ring (bicyclic) bond motifs is 18. The zero-order valence-electron chi connectivity index (χ0n) is 39.7. The Morgan fingerprint density at radius 3 is 1.75 bits per heavy atom. The quantitative estimate of drug-likeness (QED) is 0.169. The molecule has 3 aromatic heterocycles. The first kappa shape index (κ1) is 40.9. The molecule has 0 N–H and O–H groups in total. The highest BCUT2D eigenvalue weighted by Gasteiger charge is 2.39. The number of aromatic nitrogens is 2. The Labute approximate surface area is 402 Å². The molecular formula is C65H52N2S. The van der Waals surface area contributed by atoms with Crippen LogP contribution in [0.3, 0.4) is 0 Å². The van der Waals surface area contributed by atoms with Gasteiger partial charge in [-0.2, -0.15) is 0 Å². The second-order valence-electron chi connectivity index (χ2n) is 21.1. The Morgan fingerprint density at radius 2 is 1.09 bits per heavy atom. The van der Waals surface area contributed by atoms with E-state index in [2.05, 4.69) is 234 Å². The second kappa shape index (κ2) is 14.6. The van der Waals surface area contributed by atoms with Gasteiger partial charge in [0.1, 0.15) is 0 Å². The smallest absolute Gasteiger partial charge is 0.0702 e.